The summed E-state index contributed by atoms with van der Waals surface area (Å²) in [7, 11) is 3.09. The molecule has 0 spiro atoms. The molecule has 4 rings (SSSR count). The van der Waals surface area contributed by atoms with Gasteiger partial charge in [0.25, 0.3) is 11.8 Å². The second kappa shape index (κ2) is 8.91. The number of methoxy groups -OCH3 is 2. The molecule has 160 valence electrons. The Bertz CT molecular complexity index is 1060. The normalized spacial score (nSPS) is 13.7. The van der Waals surface area contributed by atoms with Crippen LogP contribution in [0, 0.1) is 0 Å². The minimum Gasteiger partial charge on any atom is -0.497 e. The van der Waals surface area contributed by atoms with E-state index < -0.39 is 0 Å². The SMILES string of the molecule is COc1ccc(C(=O)N2CCN(C(=O)c3ccc(-c4cnco4)cc3)CC2)c(OC)c1. The van der Waals surface area contributed by atoms with Gasteiger partial charge in [-0.25, -0.2) is 4.98 Å². The van der Waals surface area contributed by atoms with Gasteiger partial charge in [0.15, 0.2) is 12.2 Å². The zero-order valence-electron chi connectivity index (χ0n) is 17.4. The molecule has 0 aliphatic carbocycles. The summed E-state index contributed by atoms with van der Waals surface area (Å²) in [4.78, 5) is 33.2. The molecule has 0 N–H and O–H groups in total. The van der Waals surface area contributed by atoms with E-state index in [9.17, 15) is 9.59 Å². The monoisotopic (exact) mass is 421 g/mol. The lowest BCUT2D eigenvalue weighted by Crippen LogP contribution is -2.50. The molecule has 1 aliphatic rings. The summed E-state index contributed by atoms with van der Waals surface area (Å²) in [6.45, 7) is 1.84. The molecule has 31 heavy (non-hydrogen) atoms. The fourth-order valence-electron chi connectivity index (χ4n) is 3.58. The summed E-state index contributed by atoms with van der Waals surface area (Å²) in [5, 5.41) is 0. The van der Waals surface area contributed by atoms with E-state index >= 15 is 0 Å². The largest absolute Gasteiger partial charge is 0.497 e. The van der Waals surface area contributed by atoms with E-state index in [-0.39, 0.29) is 11.8 Å². The van der Waals surface area contributed by atoms with E-state index in [1.54, 1.807) is 53.4 Å². The molecule has 1 fully saturated rings. The Morgan fingerprint density at radius 3 is 2.16 bits per heavy atom. The van der Waals surface area contributed by atoms with Gasteiger partial charge in [-0.1, -0.05) is 12.1 Å². The quantitative estimate of drug-likeness (QED) is 0.630. The van der Waals surface area contributed by atoms with Crippen LogP contribution in [-0.4, -0.2) is 67.0 Å². The Kier molecular flexibility index (Phi) is 5.88. The highest BCUT2D eigenvalue weighted by Gasteiger charge is 2.27. The second-order valence-electron chi connectivity index (χ2n) is 7.09. The molecule has 0 saturated carbocycles. The molecule has 2 aromatic carbocycles. The van der Waals surface area contributed by atoms with E-state index in [0.29, 0.717) is 54.6 Å². The first-order valence-corrected chi connectivity index (χ1v) is 9.90. The van der Waals surface area contributed by atoms with Gasteiger partial charge in [0.05, 0.1) is 26.0 Å². The van der Waals surface area contributed by atoms with Crippen LogP contribution in [0.15, 0.2) is 59.5 Å². The van der Waals surface area contributed by atoms with Crippen molar-refractivity contribution in [3.05, 3.63) is 66.2 Å². The van der Waals surface area contributed by atoms with Crippen molar-refractivity contribution in [1.29, 1.82) is 0 Å². The average Bonchev–Trinajstić information content (AvgIpc) is 3.38. The van der Waals surface area contributed by atoms with Crippen LogP contribution in [0.5, 0.6) is 11.5 Å². The van der Waals surface area contributed by atoms with Gasteiger partial charge in [0.1, 0.15) is 11.5 Å². The molecule has 1 saturated heterocycles. The lowest BCUT2D eigenvalue weighted by atomic mass is 10.1. The molecule has 2 amide bonds. The number of carbonyl (C=O) groups is 2. The standard InChI is InChI=1S/C23H23N3O5/c1-29-18-7-8-19(20(13-18)30-2)23(28)26-11-9-25(10-12-26)22(27)17-5-3-16(4-6-17)21-14-24-15-31-21/h3-8,13-15H,9-12H2,1-2H3. The smallest absolute Gasteiger partial charge is 0.257 e. The summed E-state index contributed by atoms with van der Waals surface area (Å²) >= 11 is 0. The van der Waals surface area contributed by atoms with Crippen LogP contribution >= 0.6 is 0 Å². The fraction of sp³-hybridized carbons (Fsp3) is 0.261. The van der Waals surface area contributed by atoms with Gasteiger partial charge in [-0.2, -0.15) is 0 Å². The predicted octanol–water partition coefficient (Wildman–Crippen LogP) is 2.96. The van der Waals surface area contributed by atoms with Crippen molar-refractivity contribution < 1.29 is 23.5 Å². The zero-order chi connectivity index (χ0) is 21.8. The average molecular weight is 421 g/mol. The molecule has 0 radical (unpaired) electrons. The van der Waals surface area contributed by atoms with E-state index in [1.807, 2.05) is 12.1 Å². The molecule has 1 aromatic heterocycles. The first kappa shape index (κ1) is 20.5. The number of amides is 2. The van der Waals surface area contributed by atoms with Crippen LogP contribution in [0.2, 0.25) is 0 Å². The number of hydrogen-bond donors (Lipinski definition) is 0. The van der Waals surface area contributed by atoms with Crippen LogP contribution < -0.4 is 9.47 Å². The van der Waals surface area contributed by atoms with E-state index in [0.717, 1.165) is 5.56 Å². The second-order valence-corrected chi connectivity index (χ2v) is 7.09. The molecular weight excluding hydrogens is 398 g/mol. The maximum atomic E-state index is 13.0. The third-order valence-electron chi connectivity index (χ3n) is 5.34. The van der Waals surface area contributed by atoms with Crippen molar-refractivity contribution in [2.24, 2.45) is 0 Å². The van der Waals surface area contributed by atoms with Crippen molar-refractivity contribution in [3.8, 4) is 22.8 Å². The van der Waals surface area contributed by atoms with E-state index in [4.69, 9.17) is 13.9 Å². The number of hydrogen-bond acceptors (Lipinski definition) is 6. The highest BCUT2D eigenvalue weighted by Crippen LogP contribution is 2.26. The molecule has 1 aliphatic heterocycles. The lowest BCUT2D eigenvalue weighted by molar-refractivity contribution is 0.0533. The highest BCUT2D eigenvalue weighted by atomic mass is 16.5. The van der Waals surface area contributed by atoms with Crippen LogP contribution in [0.4, 0.5) is 0 Å². The van der Waals surface area contributed by atoms with Crippen LogP contribution in [0.3, 0.4) is 0 Å². The number of benzene rings is 2. The van der Waals surface area contributed by atoms with Crippen LogP contribution in [0.1, 0.15) is 20.7 Å². The Labute approximate surface area is 180 Å². The summed E-state index contributed by atoms with van der Waals surface area (Å²) in [5.41, 5.74) is 1.93. The minimum absolute atomic E-state index is 0.0572. The number of piperazine rings is 1. The molecular formula is C23H23N3O5. The molecule has 3 aromatic rings. The predicted molar refractivity (Wildman–Crippen MR) is 113 cm³/mol. The first-order chi connectivity index (χ1) is 15.1. The Balaban J connectivity index is 1.39. The van der Waals surface area contributed by atoms with E-state index in [2.05, 4.69) is 4.98 Å². The molecule has 0 bridgehead atoms. The highest BCUT2D eigenvalue weighted by molar-refractivity contribution is 5.98. The van der Waals surface area contributed by atoms with Crippen LogP contribution in [-0.2, 0) is 0 Å². The molecule has 2 heterocycles. The number of ether oxygens (including phenoxy) is 2. The van der Waals surface area contributed by atoms with Crippen molar-refractivity contribution in [2.45, 2.75) is 0 Å². The summed E-state index contributed by atoms with van der Waals surface area (Å²) in [5.74, 6) is 1.56. The number of nitrogens with zero attached hydrogens (tertiary/aromatic N) is 3. The molecule has 8 nitrogen and oxygen atoms in total. The Hall–Kier alpha value is -3.81. The van der Waals surface area contributed by atoms with Crippen molar-refractivity contribution in [3.63, 3.8) is 0 Å². The van der Waals surface area contributed by atoms with E-state index in [1.165, 1.54) is 13.5 Å². The van der Waals surface area contributed by atoms with Crippen molar-refractivity contribution >= 4 is 11.8 Å². The van der Waals surface area contributed by atoms with Crippen molar-refractivity contribution in [1.82, 2.24) is 14.8 Å². The van der Waals surface area contributed by atoms with Gasteiger partial charge in [-0.05, 0) is 24.3 Å². The first-order valence-electron chi connectivity index (χ1n) is 9.90. The maximum Gasteiger partial charge on any atom is 0.257 e. The van der Waals surface area contributed by atoms with Gasteiger partial charge >= 0.3 is 0 Å². The summed E-state index contributed by atoms with van der Waals surface area (Å²) in [6, 6.07) is 12.4. The topological polar surface area (TPSA) is 85.1 Å². The number of aromatic nitrogens is 1. The summed E-state index contributed by atoms with van der Waals surface area (Å²) < 4.78 is 15.8. The number of carbonyl (C=O) groups excluding carboxylic acids is 2. The van der Waals surface area contributed by atoms with Gasteiger partial charge in [0.2, 0.25) is 0 Å². The third-order valence-corrected chi connectivity index (χ3v) is 5.34. The lowest BCUT2D eigenvalue weighted by Gasteiger charge is -2.35. The fourth-order valence-corrected chi connectivity index (χ4v) is 3.58. The number of rotatable bonds is 5. The molecule has 8 heteroatoms. The zero-order valence-corrected chi connectivity index (χ0v) is 17.4. The number of oxazole rings is 1. The van der Waals surface area contributed by atoms with Gasteiger partial charge in [-0.15, -0.1) is 0 Å². The van der Waals surface area contributed by atoms with Crippen LogP contribution in [0.25, 0.3) is 11.3 Å². The Morgan fingerprint density at radius 2 is 1.58 bits per heavy atom. The van der Waals surface area contributed by atoms with Gasteiger partial charge < -0.3 is 23.7 Å². The van der Waals surface area contributed by atoms with Gasteiger partial charge in [-0.3, -0.25) is 9.59 Å². The van der Waals surface area contributed by atoms with Gasteiger partial charge in [0, 0.05) is 43.4 Å². The molecule has 0 atom stereocenters. The van der Waals surface area contributed by atoms with Crippen molar-refractivity contribution in [2.75, 3.05) is 40.4 Å². The maximum absolute atomic E-state index is 13.0. The minimum atomic E-state index is -0.122. The third kappa shape index (κ3) is 4.23. The molecule has 0 unspecified atom stereocenters. The summed E-state index contributed by atoms with van der Waals surface area (Å²) in [6.07, 6.45) is 3.00. The Morgan fingerprint density at radius 1 is 0.903 bits per heavy atom.